The molecule has 0 aliphatic rings. The van der Waals surface area contributed by atoms with E-state index in [1.807, 2.05) is 0 Å². The lowest BCUT2D eigenvalue weighted by molar-refractivity contribution is -0.138. The first-order valence-corrected chi connectivity index (χ1v) is 5.20. The second-order valence-corrected chi connectivity index (χ2v) is 4.21. The number of carbonyl (C=O) groups is 1. The lowest BCUT2D eigenvalue weighted by Crippen LogP contribution is -2.20. The molecule has 0 radical (unpaired) electrons. The highest BCUT2D eigenvalue weighted by molar-refractivity contribution is 6.38. The molecule has 1 unspecified atom stereocenters. The minimum atomic E-state index is -1.10. The Bertz CT molecular complexity index is 565. The maximum absolute atomic E-state index is 10.8. The average molecular weight is 259 g/mol. The zero-order valence-corrected chi connectivity index (χ0v) is 9.51. The van der Waals surface area contributed by atoms with E-state index in [0.29, 0.717) is 26.5 Å². The SMILES string of the molecule is NC(C(=O)O)c1c[nH]c2cc(Cl)cc(Cl)c12. The molecule has 0 amide bonds. The summed E-state index contributed by atoms with van der Waals surface area (Å²) in [6.07, 6.45) is 1.53. The predicted molar refractivity (Wildman–Crippen MR) is 62.9 cm³/mol. The van der Waals surface area contributed by atoms with Crippen molar-refractivity contribution in [3.8, 4) is 0 Å². The first kappa shape index (κ1) is 11.3. The van der Waals surface area contributed by atoms with E-state index in [0.717, 1.165) is 0 Å². The van der Waals surface area contributed by atoms with Gasteiger partial charge >= 0.3 is 5.97 Å². The van der Waals surface area contributed by atoms with E-state index in [1.54, 1.807) is 12.1 Å². The number of hydrogen-bond donors (Lipinski definition) is 3. The zero-order valence-electron chi connectivity index (χ0n) is 8.00. The fourth-order valence-corrected chi connectivity index (χ4v) is 2.19. The predicted octanol–water partition coefficient (Wildman–Crippen LogP) is 2.56. The second-order valence-electron chi connectivity index (χ2n) is 3.37. The summed E-state index contributed by atoms with van der Waals surface area (Å²) in [5, 5.41) is 10.3. The van der Waals surface area contributed by atoms with Gasteiger partial charge in [-0.2, -0.15) is 0 Å². The third-order valence-electron chi connectivity index (χ3n) is 2.33. The van der Waals surface area contributed by atoms with E-state index in [2.05, 4.69) is 4.98 Å². The van der Waals surface area contributed by atoms with Gasteiger partial charge in [0.15, 0.2) is 0 Å². The minimum Gasteiger partial charge on any atom is -0.480 e. The average Bonchev–Trinajstić information content (AvgIpc) is 2.59. The van der Waals surface area contributed by atoms with Gasteiger partial charge in [0.1, 0.15) is 6.04 Å². The molecule has 0 fully saturated rings. The summed E-state index contributed by atoms with van der Waals surface area (Å²) in [6.45, 7) is 0. The van der Waals surface area contributed by atoms with Gasteiger partial charge in [-0.3, -0.25) is 4.79 Å². The number of aliphatic carboxylic acids is 1. The van der Waals surface area contributed by atoms with Gasteiger partial charge in [-0.05, 0) is 12.1 Å². The van der Waals surface area contributed by atoms with Crippen molar-refractivity contribution in [2.75, 3.05) is 0 Å². The number of nitrogens with two attached hydrogens (primary N) is 1. The van der Waals surface area contributed by atoms with E-state index in [4.69, 9.17) is 34.0 Å². The first-order chi connectivity index (χ1) is 7.50. The minimum absolute atomic E-state index is 0.385. The second kappa shape index (κ2) is 3.97. The van der Waals surface area contributed by atoms with Crippen LogP contribution in [0, 0.1) is 0 Å². The van der Waals surface area contributed by atoms with Crippen molar-refractivity contribution in [1.29, 1.82) is 0 Å². The van der Waals surface area contributed by atoms with Crippen LogP contribution >= 0.6 is 23.2 Å². The maximum atomic E-state index is 10.8. The number of nitrogens with one attached hydrogen (secondary N) is 1. The van der Waals surface area contributed by atoms with Crippen LogP contribution in [0.25, 0.3) is 10.9 Å². The van der Waals surface area contributed by atoms with Crippen LogP contribution in [0.4, 0.5) is 0 Å². The highest BCUT2D eigenvalue weighted by atomic mass is 35.5. The molecule has 2 aromatic rings. The van der Waals surface area contributed by atoms with Gasteiger partial charge in [-0.1, -0.05) is 23.2 Å². The van der Waals surface area contributed by atoms with E-state index in [1.165, 1.54) is 6.20 Å². The molecule has 1 aromatic heterocycles. The molecule has 6 heteroatoms. The molecule has 0 saturated carbocycles. The van der Waals surface area contributed by atoms with Crippen LogP contribution in [-0.2, 0) is 4.79 Å². The van der Waals surface area contributed by atoms with Gasteiger partial charge in [0.2, 0.25) is 0 Å². The third-order valence-corrected chi connectivity index (χ3v) is 2.84. The maximum Gasteiger partial charge on any atom is 0.325 e. The number of aromatic nitrogens is 1. The van der Waals surface area contributed by atoms with Crippen molar-refractivity contribution in [2.24, 2.45) is 5.73 Å². The van der Waals surface area contributed by atoms with Crippen LogP contribution in [0.15, 0.2) is 18.3 Å². The fraction of sp³-hybridized carbons (Fsp3) is 0.100. The first-order valence-electron chi connectivity index (χ1n) is 4.45. The standard InChI is InChI=1S/C10H8Cl2N2O2/c11-4-1-6(12)8-5(9(13)10(15)16)3-14-7(8)2-4/h1-3,9,14H,13H2,(H,15,16). The summed E-state index contributed by atoms with van der Waals surface area (Å²) < 4.78 is 0. The van der Waals surface area contributed by atoms with Crippen LogP contribution in [0.1, 0.15) is 11.6 Å². The molecule has 0 aliphatic carbocycles. The molecule has 1 heterocycles. The molecule has 1 aromatic carbocycles. The zero-order chi connectivity index (χ0) is 11.9. The monoisotopic (exact) mass is 258 g/mol. The normalized spacial score (nSPS) is 12.9. The summed E-state index contributed by atoms with van der Waals surface area (Å²) in [5.41, 5.74) is 6.66. The van der Waals surface area contributed by atoms with E-state index in [9.17, 15) is 4.79 Å². The number of carboxylic acid groups (broad SMARTS) is 1. The summed E-state index contributed by atoms with van der Waals surface area (Å²) in [6, 6.07) is 2.12. The van der Waals surface area contributed by atoms with Crippen LogP contribution in [0.2, 0.25) is 10.0 Å². The van der Waals surface area contributed by atoms with Crippen LogP contribution < -0.4 is 5.73 Å². The Hall–Kier alpha value is -1.23. The van der Waals surface area contributed by atoms with E-state index < -0.39 is 12.0 Å². The van der Waals surface area contributed by atoms with Gasteiger partial charge in [0.05, 0.1) is 5.02 Å². The molecule has 0 bridgehead atoms. The highest BCUT2D eigenvalue weighted by Crippen LogP contribution is 2.32. The van der Waals surface area contributed by atoms with E-state index >= 15 is 0 Å². The van der Waals surface area contributed by atoms with Gasteiger partial charge in [0, 0.05) is 27.7 Å². The van der Waals surface area contributed by atoms with Crippen molar-refractivity contribution in [2.45, 2.75) is 6.04 Å². The number of benzene rings is 1. The lowest BCUT2D eigenvalue weighted by atomic mass is 10.1. The Morgan fingerprint density at radius 3 is 2.75 bits per heavy atom. The molecule has 1 atom stereocenters. The lowest BCUT2D eigenvalue weighted by Gasteiger charge is -2.05. The van der Waals surface area contributed by atoms with E-state index in [-0.39, 0.29) is 0 Å². The Kier molecular flexibility index (Phi) is 2.80. The van der Waals surface area contributed by atoms with Crippen molar-refractivity contribution >= 4 is 40.1 Å². The molecule has 0 aliphatic heterocycles. The topological polar surface area (TPSA) is 79.1 Å². The highest BCUT2D eigenvalue weighted by Gasteiger charge is 2.20. The van der Waals surface area contributed by atoms with Crippen LogP contribution in [-0.4, -0.2) is 16.1 Å². The van der Waals surface area contributed by atoms with Gasteiger partial charge in [-0.25, -0.2) is 0 Å². The van der Waals surface area contributed by atoms with Crippen molar-refractivity contribution in [3.63, 3.8) is 0 Å². The Labute approximate surface area is 101 Å². The number of aromatic amines is 1. The summed E-state index contributed by atoms with van der Waals surface area (Å²) in [5.74, 6) is -1.10. The number of rotatable bonds is 2. The molecule has 84 valence electrons. The van der Waals surface area contributed by atoms with Gasteiger partial charge < -0.3 is 15.8 Å². The number of fused-ring (bicyclic) bond motifs is 1. The molecule has 16 heavy (non-hydrogen) atoms. The quantitative estimate of drug-likeness (QED) is 0.775. The number of H-pyrrole nitrogens is 1. The molecule has 0 saturated heterocycles. The number of carboxylic acids is 1. The van der Waals surface area contributed by atoms with Crippen molar-refractivity contribution in [1.82, 2.24) is 4.98 Å². The molecular weight excluding hydrogens is 251 g/mol. The Morgan fingerprint density at radius 2 is 2.12 bits per heavy atom. The van der Waals surface area contributed by atoms with Crippen LogP contribution in [0.5, 0.6) is 0 Å². The largest absolute Gasteiger partial charge is 0.480 e. The van der Waals surface area contributed by atoms with Crippen LogP contribution in [0.3, 0.4) is 0 Å². The smallest absolute Gasteiger partial charge is 0.325 e. The molecule has 4 N–H and O–H groups in total. The van der Waals surface area contributed by atoms with Gasteiger partial charge in [0.25, 0.3) is 0 Å². The van der Waals surface area contributed by atoms with Crippen molar-refractivity contribution in [3.05, 3.63) is 33.9 Å². The summed E-state index contributed by atoms with van der Waals surface area (Å²) in [4.78, 5) is 13.7. The number of halogens is 2. The fourth-order valence-electron chi connectivity index (χ4n) is 1.59. The summed E-state index contributed by atoms with van der Waals surface area (Å²) in [7, 11) is 0. The molecule has 4 nitrogen and oxygen atoms in total. The van der Waals surface area contributed by atoms with Gasteiger partial charge in [-0.15, -0.1) is 0 Å². The third kappa shape index (κ3) is 1.75. The molecule has 0 spiro atoms. The Balaban J connectivity index is 2.69. The summed E-state index contributed by atoms with van der Waals surface area (Å²) >= 11 is 11.8. The van der Waals surface area contributed by atoms with Crippen molar-refractivity contribution < 1.29 is 9.90 Å². The molecule has 2 rings (SSSR count). The molecular formula is C10H8Cl2N2O2. The Morgan fingerprint density at radius 1 is 1.44 bits per heavy atom. The number of hydrogen-bond acceptors (Lipinski definition) is 2.